The van der Waals surface area contributed by atoms with E-state index >= 15 is 0 Å². The molecule has 4 heterocycles. The summed E-state index contributed by atoms with van der Waals surface area (Å²) in [7, 11) is 4.42. The Morgan fingerprint density at radius 2 is 1.98 bits per heavy atom. The number of amides is 1. The average molecular weight is 619 g/mol. The van der Waals surface area contributed by atoms with Crippen molar-refractivity contribution >= 4 is 45.6 Å². The van der Waals surface area contributed by atoms with Crippen LogP contribution in [0.25, 0.3) is 10.9 Å². The monoisotopic (exact) mass is 618 g/mol. The molecule has 8 nitrogen and oxygen atoms in total. The number of likely N-dealkylation sites (tertiary alicyclic amines) is 1. The van der Waals surface area contributed by atoms with Crippen LogP contribution in [0, 0.1) is 35.4 Å². The van der Waals surface area contributed by atoms with Gasteiger partial charge < -0.3 is 25.2 Å². The van der Waals surface area contributed by atoms with Crippen molar-refractivity contribution in [2.45, 2.75) is 38.1 Å². The summed E-state index contributed by atoms with van der Waals surface area (Å²) in [5.74, 6) is 4.05. The maximum atomic E-state index is 13.7. The van der Waals surface area contributed by atoms with E-state index in [1.807, 2.05) is 18.2 Å². The van der Waals surface area contributed by atoms with Gasteiger partial charge in [0.15, 0.2) is 0 Å². The third-order valence-corrected chi connectivity index (χ3v) is 10.7. The predicted molar refractivity (Wildman–Crippen MR) is 172 cm³/mol. The summed E-state index contributed by atoms with van der Waals surface area (Å²) in [5.41, 5.74) is 1.83. The number of halogens is 2. The first-order valence-electron chi connectivity index (χ1n) is 15.8. The zero-order chi connectivity index (χ0) is 30.4. The Balaban J connectivity index is 1.08. The molecule has 0 spiro atoms. The van der Waals surface area contributed by atoms with Crippen molar-refractivity contribution < 1.29 is 13.9 Å². The first-order chi connectivity index (χ1) is 21.3. The van der Waals surface area contributed by atoms with Crippen molar-refractivity contribution in [3.63, 3.8) is 0 Å². The van der Waals surface area contributed by atoms with Crippen LogP contribution in [0.4, 0.5) is 21.6 Å². The highest BCUT2D eigenvalue weighted by Crippen LogP contribution is 2.53. The largest absolute Gasteiger partial charge is 0.491 e. The summed E-state index contributed by atoms with van der Waals surface area (Å²) in [6.07, 6.45) is 10.9. The second-order valence-electron chi connectivity index (χ2n) is 13.2. The number of carbonyl (C=O) groups excluding carboxylic acids is 1. The highest BCUT2D eigenvalue weighted by Gasteiger charge is 2.54. The SMILES string of the molecule is CN1CC2C(CCOc3cc4ncnc(Nc5ccc(F)c(Cl)c5)c4cc3NC(=O)/C=C/CC3CC4CCC3CN4C)[C@H]2C1. The summed E-state index contributed by atoms with van der Waals surface area (Å²) < 4.78 is 20.1. The van der Waals surface area contributed by atoms with Gasteiger partial charge in [0.2, 0.25) is 5.91 Å². The Hall–Kier alpha value is -3.27. The minimum Gasteiger partial charge on any atom is -0.491 e. The Bertz CT molecular complexity index is 1570. The first kappa shape index (κ1) is 29.4. The van der Waals surface area contributed by atoms with Gasteiger partial charge in [0, 0.05) is 42.8 Å². The summed E-state index contributed by atoms with van der Waals surface area (Å²) in [6.45, 7) is 4.08. The Morgan fingerprint density at radius 1 is 1.14 bits per heavy atom. The quantitative estimate of drug-likeness (QED) is 0.256. The van der Waals surface area contributed by atoms with Crippen LogP contribution in [0.2, 0.25) is 5.02 Å². The molecule has 3 saturated heterocycles. The van der Waals surface area contributed by atoms with Crippen molar-refractivity contribution in [3.05, 3.63) is 59.7 Å². The van der Waals surface area contributed by atoms with Gasteiger partial charge in [0.25, 0.3) is 0 Å². The zero-order valence-corrected chi connectivity index (χ0v) is 26.1. The highest BCUT2D eigenvalue weighted by atomic mass is 35.5. The molecule has 2 aromatic carbocycles. The lowest BCUT2D eigenvalue weighted by Crippen LogP contribution is -2.49. The van der Waals surface area contributed by atoms with Crippen LogP contribution in [0.3, 0.4) is 0 Å². The van der Waals surface area contributed by atoms with Gasteiger partial charge in [-0.1, -0.05) is 17.7 Å². The maximum absolute atomic E-state index is 13.7. The predicted octanol–water partition coefficient (Wildman–Crippen LogP) is 6.36. The number of allylic oxidation sites excluding steroid dienone is 1. The zero-order valence-electron chi connectivity index (χ0n) is 25.3. The minimum absolute atomic E-state index is 0.0170. The Morgan fingerprint density at radius 3 is 2.73 bits per heavy atom. The number of anilines is 3. The van der Waals surface area contributed by atoms with Gasteiger partial charge >= 0.3 is 0 Å². The molecule has 2 bridgehead atoms. The molecule has 2 N–H and O–H groups in total. The van der Waals surface area contributed by atoms with Crippen LogP contribution < -0.4 is 15.4 Å². The number of piperidine rings is 3. The van der Waals surface area contributed by atoms with Crippen LogP contribution in [0.5, 0.6) is 5.75 Å². The van der Waals surface area contributed by atoms with Crippen LogP contribution >= 0.6 is 11.6 Å². The van der Waals surface area contributed by atoms with Crippen molar-refractivity contribution in [1.29, 1.82) is 0 Å². The summed E-state index contributed by atoms with van der Waals surface area (Å²) in [6, 6.07) is 8.80. The van der Waals surface area contributed by atoms with Gasteiger partial charge in [-0.25, -0.2) is 14.4 Å². The molecule has 6 atom stereocenters. The molecule has 10 heteroatoms. The second-order valence-corrected chi connectivity index (χ2v) is 13.7. The lowest BCUT2D eigenvalue weighted by atomic mass is 9.71. The second kappa shape index (κ2) is 12.3. The number of hydrogen-bond donors (Lipinski definition) is 2. The van der Waals surface area contributed by atoms with Gasteiger partial charge in [-0.05, 0) is 106 Å². The van der Waals surface area contributed by atoms with Gasteiger partial charge in [-0.3, -0.25) is 4.79 Å². The van der Waals surface area contributed by atoms with E-state index in [9.17, 15) is 9.18 Å². The molecule has 5 fully saturated rings. The van der Waals surface area contributed by atoms with Crippen LogP contribution in [0.15, 0.2) is 48.8 Å². The van der Waals surface area contributed by atoms with Crippen LogP contribution in [-0.2, 0) is 4.79 Å². The number of nitrogens with zero attached hydrogens (tertiary/aromatic N) is 4. The van der Waals surface area contributed by atoms with E-state index in [0.29, 0.717) is 64.2 Å². The van der Waals surface area contributed by atoms with Crippen molar-refractivity contribution in [3.8, 4) is 5.75 Å². The molecule has 44 heavy (non-hydrogen) atoms. The molecular formula is C34H40ClFN6O2. The van der Waals surface area contributed by atoms with E-state index in [-0.39, 0.29) is 10.9 Å². The number of ether oxygens (including phenoxy) is 1. The maximum Gasteiger partial charge on any atom is 0.248 e. The van der Waals surface area contributed by atoms with Crippen molar-refractivity contribution in [2.75, 3.05) is 51.0 Å². The minimum atomic E-state index is -0.491. The van der Waals surface area contributed by atoms with Gasteiger partial charge in [0.05, 0.1) is 22.8 Å². The Kier molecular flexibility index (Phi) is 8.20. The van der Waals surface area contributed by atoms with E-state index in [1.54, 1.807) is 12.1 Å². The summed E-state index contributed by atoms with van der Waals surface area (Å²) in [4.78, 5) is 27.0. The number of benzene rings is 2. The lowest BCUT2D eigenvalue weighted by Gasteiger charge is -2.48. The fourth-order valence-corrected chi connectivity index (χ4v) is 8.16. The number of rotatable bonds is 10. The molecule has 1 aromatic heterocycles. The number of nitrogens with one attached hydrogen (secondary N) is 2. The highest BCUT2D eigenvalue weighted by molar-refractivity contribution is 6.31. The van der Waals surface area contributed by atoms with E-state index in [4.69, 9.17) is 16.3 Å². The van der Waals surface area contributed by atoms with E-state index in [1.165, 1.54) is 50.8 Å². The molecule has 8 rings (SSSR count). The average Bonchev–Trinajstić information content (AvgIpc) is 3.46. The number of fused-ring (bicyclic) bond motifs is 5. The normalized spacial score (nSPS) is 28.0. The molecule has 2 saturated carbocycles. The standard InChI is InChI=1S/C34H40ClFN6O2/c1-41-17-26-24(27(26)18-41)10-11-44-32-15-30-25(34(38-19-37-30)39-22-7-9-29(36)28(35)13-22)14-31(32)40-33(43)5-3-4-20-12-23-8-6-21(20)16-42(23)2/h3,5,7,9,13-15,19-21,23-24,26-27H,4,6,8,10-12,16-18H2,1-2H3,(H,40,43)(H,37,38,39)/b5-3+/t20?,21?,23?,24?,26-,27?/m1/s1. The molecule has 5 unspecified atom stereocenters. The van der Waals surface area contributed by atoms with Gasteiger partial charge in [0.1, 0.15) is 23.7 Å². The van der Waals surface area contributed by atoms with Gasteiger partial charge in [-0.15, -0.1) is 0 Å². The smallest absolute Gasteiger partial charge is 0.248 e. The van der Waals surface area contributed by atoms with Crippen molar-refractivity contribution in [1.82, 2.24) is 19.8 Å². The Labute approximate surface area is 263 Å². The molecule has 0 radical (unpaired) electrons. The molecule has 1 amide bonds. The molecular weight excluding hydrogens is 579 g/mol. The third-order valence-electron chi connectivity index (χ3n) is 10.4. The lowest BCUT2D eigenvalue weighted by molar-refractivity contribution is -0.111. The summed E-state index contributed by atoms with van der Waals surface area (Å²) >= 11 is 6.01. The number of hydrogen-bond acceptors (Lipinski definition) is 7. The first-order valence-corrected chi connectivity index (χ1v) is 16.2. The summed E-state index contributed by atoms with van der Waals surface area (Å²) in [5, 5.41) is 7.00. The van der Waals surface area contributed by atoms with Gasteiger partial charge in [-0.2, -0.15) is 0 Å². The fourth-order valence-electron chi connectivity index (χ4n) is 7.98. The topological polar surface area (TPSA) is 82.6 Å². The fraction of sp³-hybridized carbons (Fsp3) is 0.500. The van der Waals surface area contributed by atoms with Crippen molar-refractivity contribution in [2.24, 2.45) is 29.6 Å². The number of aromatic nitrogens is 2. The number of carbonyl (C=O) groups is 1. The third kappa shape index (κ3) is 6.14. The molecule has 2 aliphatic carbocycles. The molecule has 5 aliphatic rings. The van der Waals surface area contributed by atoms with Crippen LogP contribution in [-0.4, -0.2) is 72.1 Å². The van der Waals surface area contributed by atoms with E-state index < -0.39 is 5.82 Å². The molecule has 3 aromatic rings. The van der Waals surface area contributed by atoms with Crippen LogP contribution in [0.1, 0.15) is 32.1 Å². The molecule has 232 valence electrons. The van der Waals surface area contributed by atoms with E-state index in [2.05, 4.69) is 44.5 Å². The van der Waals surface area contributed by atoms with E-state index in [0.717, 1.165) is 31.2 Å². The molecule has 3 aliphatic heterocycles.